The van der Waals surface area contributed by atoms with Crippen molar-refractivity contribution < 1.29 is 0 Å². The number of pyridine rings is 2. The highest BCUT2D eigenvalue weighted by molar-refractivity contribution is 6.00. The van der Waals surface area contributed by atoms with Gasteiger partial charge in [-0.2, -0.15) is 0 Å². The summed E-state index contributed by atoms with van der Waals surface area (Å²) in [5.41, 5.74) is 4.14. The van der Waals surface area contributed by atoms with E-state index in [2.05, 4.69) is 28.0 Å². The fourth-order valence-electron chi connectivity index (χ4n) is 1.74. The number of aliphatic imine (C=N–C) groups is 1. The molecule has 2 rings (SSSR count). The summed E-state index contributed by atoms with van der Waals surface area (Å²) in [6, 6.07) is 7.98. The van der Waals surface area contributed by atoms with Crippen molar-refractivity contribution in [3.8, 4) is 11.3 Å². The van der Waals surface area contributed by atoms with E-state index in [1.807, 2.05) is 37.6 Å². The van der Waals surface area contributed by atoms with Crippen molar-refractivity contribution in [3.63, 3.8) is 0 Å². The van der Waals surface area contributed by atoms with Crippen molar-refractivity contribution in [1.82, 2.24) is 9.97 Å². The minimum Gasteiger partial charge on any atom is -0.292 e. The molecule has 2 aromatic heterocycles. The van der Waals surface area contributed by atoms with Crippen molar-refractivity contribution in [2.75, 3.05) is 7.05 Å². The van der Waals surface area contributed by atoms with Crippen LogP contribution < -0.4 is 0 Å². The SMILES string of the molecule is CCC(=NC)c1ccc(-c2cccnc2)nc1. The van der Waals surface area contributed by atoms with Crippen LogP contribution in [0.2, 0.25) is 0 Å². The molecular weight excluding hydrogens is 210 g/mol. The molecule has 2 aromatic rings. The highest BCUT2D eigenvalue weighted by Gasteiger charge is 2.02. The van der Waals surface area contributed by atoms with Gasteiger partial charge in [0.1, 0.15) is 0 Å². The second kappa shape index (κ2) is 5.34. The van der Waals surface area contributed by atoms with Gasteiger partial charge in [0.25, 0.3) is 0 Å². The number of nitrogens with zero attached hydrogens (tertiary/aromatic N) is 3. The third-order valence-electron chi connectivity index (χ3n) is 2.66. The van der Waals surface area contributed by atoms with Crippen LogP contribution in [-0.4, -0.2) is 22.7 Å². The predicted molar refractivity (Wildman–Crippen MR) is 70.2 cm³/mol. The van der Waals surface area contributed by atoms with Crippen LogP contribution in [0.1, 0.15) is 18.9 Å². The first-order valence-corrected chi connectivity index (χ1v) is 5.67. The normalized spacial score (nSPS) is 11.5. The molecule has 0 bridgehead atoms. The molecule has 3 heteroatoms. The fourth-order valence-corrected chi connectivity index (χ4v) is 1.74. The van der Waals surface area contributed by atoms with Crippen molar-refractivity contribution >= 4 is 5.71 Å². The average molecular weight is 225 g/mol. The monoisotopic (exact) mass is 225 g/mol. The van der Waals surface area contributed by atoms with Gasteiger partial charge in [-0.3, -0.25) is 15.0 Å². The molecule has 0 aliphatic carbocycles. The Labute approximate surface area is 101 Å². The van der Waals surface area contributed by atoms with E-state index in [4.69, 9.17) is 0 Å². The lowest BCUT2D eigenvalue weighted by Crippen LogP contribution is -1.99. The first kappa shape index (κ1) is 11.5. The molecule has 0 radical (unpaired) electrons. The third-order valence-corrected chi connectivity index (χ3v) is 2.66. The topological polar surface area (TPSA) is 38.1 Å². The van der Waals surface area contributed by atoms with Crippen LogP contribution in [0.4, 0.5) is 0 Å². The molecule has 0 N–H and O–H groups in total. The van der Waals surface area contributed by atoms with Gasteiger partial charge in [0.05, 0.1) is 5.69 Å². The molecule has 0 atom stereocenters. The fraction of sp³-hybridized carbons (Fsp3) is 0.214. The molecule has 0 aliphatic heterocycles. The van der Waals surface area contributed by atoms with Gasteiger partial charge in [-0.05, 0) is 30.7 Å². The summed E-state index contributed by atoms with van der Waals surface area (Å²) in [5, 5.41) is 0. The zero-order valence-electron chi connectivity index (χ0n) is 10.1. The molecule has 0 spiro atoms. The van der Waals surface area contributed by atoms with Gasteiger partial charge in [0.15, 0.2) is 0 Å². The largest absolute Gasteiger partial charge is 0.292 e. The van der Waals surface area contributed by atoms with Gasteiger partial charge in [0, 0.05) is 42.5 Å². The van der Waals surface area contributed by atoms with Crippen LogP contribution in [0.25, 0.3) is 11.3 Å². The van der Waals surface area contributed by atoms with Gasteiger partial charge >= 0.3 is 0 Å². The zero-order chi connectivity index (χ0) is 12.1. The Morgan fingerprint density at radius 3 is 2.65 bits per heavy atom. The molecule has 0 unspecified atom stereocenters. The molecule has 0 aromatic carbocycles. The molecule has 17 heavy (non-hydrogen) atoms. The molecule has 2 heterocycles. The summed E-state index contributed by atoms with van der Waals surface area (Å²) in [4.78, 5) is 12.8. The van der Waals surface area contributed by atoms with Gasteiger partial charge in [-0.25, -0.2) is 0 Å². The minimum atomic E-state index is 0.921. The van der Waals surface area contributed by atoms with Gasteiger partial charge < -0.3 is 0 Å². The Morgan fingerprint density at radius 2 is 2.12 bits per heavy atom. The van der Waals surface area contributed by atoms with Gasteiger partial charge in [-0.1, -0.05) is 6.92 Å². The van der Waals surface area contributed by atoms with E-state index in [0.29, 0.717) is 0 Å². The second-order valence-electron chi connectivity index (χ2n) is 3.70. The Kier molecular flexibility index (Phi) is 3.60. The van der Waals surface area contributed by atoms with E-state index in [9.17, 15) is 0 Å². The van der Waals surface area contributed by atoms with Gasteiger partial charge in [0.2, 0.25) is 0 Å². The average Bonchev–Trinajstić information content (AvgIpc) is 2.42. The Balaban J connectivity index is 2.31. The molecule has 0 fully saturated rings. The molecule has 0 saturated carbocycles. The Hall–Kier alpha value is -2.03. The molecule has 86 valence electrons. The smallest absolute Gasteiger partial charge is 0.0717 e. The highest BCUT2D eigenvalue weighted by Crippen LogP contribution is 2.15. The van der Waals surface area contributed by atoms with E-state index in [1.54, 1.807) is 6.20 Å². The molecule has 0 saturated heterocycles. The lowest BCUT2D eigenvalue weighted by Gasteiger charge is -2.04. The summed E-state index contributed by atoms with van der Waals surface area (Å²) in [6.45, 7) is 2.09. The number of aromatic nitrogens is 2. The van der Waals surface area contributed by atoms with Crippen LogP contribution in [-0.2, 0) is 0 Å². The highest BCUT2D eigenvalue weighted by atomic mass is 14.7. The number of hydrogen-bond donors (Lipinski definition) is 0. The molecule has 3 nitrogen and oxygen atoms in total. The van der Waals surface area contributed by atoms with Crippen molar-refractivity contribution in [2.24, 2.45) is 4.99 Å². The van der Waals surface area contributed by atoms with Gasteiger partial charge in [-0.15, -0.1) is 0 Å². The first-order chi connectivity index (χ1) is 8.35. The van der Waals surface area contributed by atoms with E-state index in [0.717, 1.165) is 29.0 Å². The quantitative estimate of drug-likeness (QED) is 0.753. The second-order valence-corrected chi connectivity index (χ2v) is 3.70. The van der Waals surface area contributed by atoms with E-state index < -0.39 is 0 Å². The van der Waals surface area contributed by atoms with E-state index in [-0.39, 0.29) is 0 Å². The molecule has 0 amide bonds. The summed E-state index contributed by atoms with van der Waals surface area (Å²) < 4.78 is 0. The predicted octanol–water partition coefficient (Wildman–Crippen LogP) is 2.97. The Morgan fingerprint density at radius 1 is 1.24 bits per heavy atom. The van der Waals surface area contributed by atoms with Crippen LogP contribution >= 0.6 is 0 Å². The zero-order valence-corrected chi connectivity index (χ0v) is 10.1. The van der Waals surface area contributed by atoms with E-state index >= 15 is 0 Å². The maximum atomic E-state index is 4.44. The number of hydrogen-bond acceptors (Lipinski definition) is 3. The molecular formula is C14H15N3. The van der Waals surface area contributed by atoms with Crippen LogP contribution in [0.15, 0.2) is 47.8 Å². The van der Waals surface area contributed by atoms with E-state index in [1.165, 1.54) is 0 Å². The maximum Gasteiger partial charge on any atom is 0.0717 e. The minimum absolute atomic E-state index is 0.921. The maximum absolute atomic E-state index is 4.44. The summed E-state index contributed by atoms with van der Waals surface area (Å²) in [7, 11) is 1.81. The van der Waals surface area contributed by atoms with Crippen LogP contribution in [0, 0.1) is 0 Å². The summed E-state index contributed by atoms with van der Waals surface area (Å²) >= 11 is 0. The van der Waals surface area contributed by atoms with Crippen LogP contribution in [0.3, 0.4) is 0 Å². The third kappa shape index (κ3) is 2.56. The van der Waals surface area contributed by atoms with Crippen LogP contribution in [0.5, 0.6) is 0 Å². The Bertz CT molecular complexity index is 501. The van der Waals surface area contributed by atoms with Crippen molar-refractivity contribution in [2.45, 2.75) is 13.3 Å². The summed E-state index contributed by atoms with van der Waals surface area (Å²) in [6.07, 6.45) is 6.37. The lowest BCUT2D eigenvalue weighted by molar-refractivity contribution is 1.22. The standard InChI is InChI=1S/C14H15N3/c1-3-13(15-2)12-6-7-14(17-10-12)11-5-4-8-16-9-11/h4-10H,3H2,1-2H3. The summed E-state index contributed by atoms with van der Waals surface area (Å²) in [5.74, 6) is 0. The number of rotatable bonds is 3. The molecule has 0 aliphatic rings. The van der Waals surface area contributed by atoms with Crippen molar-refractivity contribution in [3.05, 3.63) is 48.4 Å². The van der Waals surface area contributed by atoms with Crippen molar-refractivity contribution in [1.29, 1.82) is 0 Å². The first-order valence-electron chi connectivity index (χ1n) is 5.67. The lowest BCUT2D eigenvalue weighted by atomic mass is 10.1.